The van der Waals surface area contributed by atoms with E-state index >= 15 is 4.79 Å². The van der Waals surface area contributed by atoms with Crippen LogP contribution in [0.2, 0.25) is 10.0 Å². The van der Waals surface area contributed by atoms with Crippen LogP contribution in [-0.4, -0.2) is 129 Å². The highest BCUT2D eigenvalue weighted by atomic mass is 35.5. The van der Waals surface area contributed by atoms with Crippen molar-refractivity contribution in [3.63, 3.8) is 0 Å². The second-order valence-corrected chi connectivity index (χ2v) is 19.6. The van der Waals surface area contributed by atoms with Gasteiger partial charge in [-0.25, -0.2) is 4.98 Å². The van der Waals surface area contributed by atoms with E-state index in [2.05, 4.69) is 15.6 Å². The highest BCUT2D eigenvalue weighted by Gasteiger charge is 2.36. The minimum Gasteiger partial charge on any atom is -0.481 e. The predicted molar refractivity (Wildman–Crippen MR) is 276 cm³/mol. The molecule has 5 aromatic rings. The number of rotatable bonds is 14. The molecule has 5 atom stereocenters. The molecule has 5 amide bonds. The molecule has 6 rings (SSSR count). The smallest absolute Gasteiger partial charge is 0.303 e. The van der Waals surface area contributed by atoms with Gasteiger partial charge < -0.3 is 44.6 Å². The molecule has 1 saturated heterocycles. The van der Waals surface area contributed by atoms with Gasteiger partial charge in [-0.2, -0.15) is 0 Å². The number of carboxylic acids is 1. The monoisotopic (exact) mass is 1020 g/mol. The molecule has 0 bridgehead atoms. The lowest BCUT2D eigenvalue weighted by Crippen LogP contribution is -2.56. The van der Waals surface area contributed by atoms with Gasteiger partial charge in [0.25, 0.3) is 0 Å². The van der Waals surface area contributed by atoms with Gasteiger partial charge in [-0.1, -0.05) is 71.7 Å². The zero-order chi connectivity index (χ0) is 52.2. The van der Waals surface area contributed by atoms with Crippen molar-refractivity contribution in [2.45, 2.75) is 89.6 Å². The zero-order valence-electron chi connectivity index (χ0n) is 41.8. The Labute approximate surface area is 431 Å². The second-order valence-electron chi connectivity index (χ2n) is 18.8. The lowest BCUT2D eigenvalue weighted by atomic mass is 9.93. The number of likely N-dealkylation sites (N-methyl/N-ethyl adjacent to an activating group) is 2. The van der Waals surface area contributed by atoms with Crippen LogP contribution in [0.1, 0.15) is 62.0 Å². The fourth-order valence-corrected chi connectivity index (χ4v) is 8.92. The molecular weight excluding hydrogens is 960 g/mol. The number of hydrogen-bond donors (Lipinski definition) is 3. The number of nitrogens with one attached hydrogen (secondary N) is 2. The minimum absolute atomic E-state index is 0.0714. The van der Waals surface area contributed by atoms with Crippen molar-refractivity contribution in [3.05, 3.63) is 136 Å². The number of nitrogens with zero attached hydrogens (tertiary/aromatic N) is 6. The number of imidazole rings is 1. The van der Waals surface area contributed by atoms with Crippen molar-refractivity contribution < 1.29 is 38.6 Å². The Morgan fingerprint density at radius 3 is 2.15 bits per heavy atom. The summed E-state index contributed by atoms with van der Waals surface area (Å²) in [6.45, 7) is 3.86. The summed E-state index contributed by atoms with van der Waals surface area (Å²) < 4.78 is 8.51. The maximum absolute atomic E-state index is 15.1. The summed E-state index contributed by atoms with van der Waals surface area (Å²) in [7, 11) is 9.06. The number of aromatic nitrogens is 2. The highest BCUT2D eigenvalue weighted by Crippen LogP contribution is 2.33. The largest absolute Gasteiger partial charge is 0.481 e. The van der Waals surface area contributed by atoms with E-state index in [9.17, 15) is 29.1 Å². The molecule has 0 radical (unpaired) electrons. The summed E-state index contributed by atoms with van der Waals surface area (Å²) in [6.07, 6.45) is 1.01. The van der Waals surface area contributed by atoms with Crippen molar-refractivity contribution >= 4 is 58.7 Å². The van der Waals surface area contributed by atoms with E-state index in [1.807, 2.05) is 91.4 Å². The number of aliphatic carboxylic acids is 1. The van der Waals surface area contributed by atoms with Crippen molar-refractivity contribution in [3.8, 4) is 22.8 Å². The first-order valence-corrected chi connectivity index (χ1v) is 24.7. The van der Waals surface area contributed by atoms with Crippen LogP contribution in [-0.2, 0) is 61.7 Å². The van der Waals surface area contributed by atoms with Crippen LogP contribution < -0.4 is 15.4 Å². The first-order valence-electron chi connectivity index (χ1n) is 23.9. The summed E-state index contributed by atoms with van der Waals surface area (Å²) in [5, 5.41) is 16.3. The normalized spacial score (nSPS) is 20.0. The average Bonchev–Trinajstić information content (AvgIpc) is 3.71. The second kappa shape index (κ2) is 25.1. The Morgan fingerprint density at radius 2 is 1.49 bits per heavy atom. The van der Waals surface area contributed by atoms with Gasteiger partial charge >= 0.3 is 5.97 Å². The third-order valence-corrected chi connectivity index (χ3v) is 13.6. The van der Waals surface area contributed by atoms with Crippen LogP contribution in [0, 0.1) is 5.92 Å². The highest BCUT2D eigenvalue weighted by molar-refractivity contribution is 6.31. The Kier molecular flexibility index (Phi) is 19.0. The molecule has 0 saturated carbocycles. The number of hydrogen-bond acceptors (Lipinski definition) is 9. The standard InChI is InChI=1S/C54H64Cl2N8O8/c1-34-30-58-49(65)29-43(26-37-13-18-41(55)19-14-37)62(6)54(71)45(23-24-51(67)68)59-52(69)35(2)64(50(66)27-40(53(70)61(34)5)25-36-11-9-8-10-12-36)32-39-15-20-42(56)28-47(39)72-44-21-16-38(17-22-44)46-31-57-48(63(46)7)33-60(3)4/h8-22,28,31,34-35,40,43,45H,23-27,29-30,32-33H2,1-7H3,(H,58,65)(H,59,69)(H,67,68)/t34-,35-,40+,43-,45-/m0/s1. The van der Waals surface area contributed by atoms with Crippen LogP contribution in [0.25, 0.3) is 11.3 Å². The molecule has 0 aliphatic carbocycles. The minimum atomic E-state index is -1.36. The molecule has 3 N–H and O–H groups in total. The number of carbonyl (C=O) groups is 6. The molecular formula is C54H64Cl2N8O8. The van der Waals surface area contributed by atoms with Gasteiger partial charge in [0.1, 0.15) is 29.4 Å². The number of benzene rings is 4. The Hall–Kier alpha value is -6.75. The number of halogens is 2. The molecule has 2 heterocycles. The molecule has 4 aromatic carbocycles. The van der Waals surface area contributed by atoms with Gasteiger partial charge in [-0.3, -0.25) is 28.8 Å². The van der Waals surface area contributed by atoms with Gasteiger partial charge in [-0.05, 0) is 107 Å². The molecule has 72 heavy (non-hydrogen) atoms. The SMILES string of the molecule is C[C@H]1CNC(=O)C[C@H](Cc2ccc(Cl)cc2)N(C)C(=O)[C@H](CCC(=O)O)NC(=O)[C@H](C)N(Cc2ccc(Cl)cc2Oc2ccc(-c3cnc(CN(C)C)n3C)cc2)C(=O)C[C@@H](Cc2ccccc2)C(=O)N1C. The molecule has 1 aliphatic heterocycles. The number of ether oxygens (including phenoxy) is 1. The predicted octanol–water partition coefficient (Wildman–Crippen LogP) is 7.00. The molecule has 16 nitrogen and oxygen atoms in total. The third-order valence-electron chi connectivity index (χ3n) is 13.1. The van der Waals surface area contributed by atoms with Crippen LogP contribution in [0.4, 0.5) is 0 Å². The van der Waals surface area contributed by atoms with Gasteiger partial charge in [0.05, 0.1) is 30.9 Å². The number of carbonyl (C=O) groups excluding carboxylic acids is 5. The molecule has 0 spiro atoms. The van der Waals surface area contributed by atoms with E-state index in [1.54, 1.807) is 56.4 Å². The van der Waals surface area contributed by atoms with Crippen molar-refractivity contribution in [1.82, 2.24) is 39.8 Å². The summed E-state index contributed by atoms with van der Waals surface area (Å²) >= 11 is 12.8. The van der Waals surface area contributed by atoms with E-state index in [0.717, 1.165) is 28.2 Å². The maximum Gasteiger partial charge on any atom is 0.303 e. The summed E-state index contributed by atoms with van der Waals surface area (Å²) in [4.78, 5) is 95.5. The van der Waals surface area contributed by atoms with Crippen LogP contribution in [0.3, 0.4) is 0 Å². The van der Waals surface area contributed by atoms with Crippen LogP contribution in [0.15, 0.2) is 103 Å². The van der Waals surface area contributed by atoms with Gasteiger partial charge in [0, 0.05) is 80.2 Å². The van der Waals surface area contributed by atoms with E-state index < -0.39 is 66.1 Å². The van der Waals surface area contributed by atoms with Crippen molar-refractivity contribution in [2.75, 3.05) is 34.7 Å². The summed E-state index contributed by atoms with van der Waals surface area (Å²) in [5.74, 6) is -3.07. The fraction of sp³-hybridized carbons (Fsp3) is 0.389. The van der Waals surface area contributed by atoms with E-state index in [4.69, 9.17) is 27.9 Å². The maximum atomic E-state index is 15.1. The molecule has 1 aromatic heterocycles. The average molecular weight is 1020 g/mol. The van der Waals surface area contributed by atoms with Gasteiger partial charge in [-0.15, -0.1) is 0 Å². The third kappa shape index (κ3) is 14.7. The Bertz CT molecular complexity index is 2700. The first-order chi connectivity index (χ1) is 34.3. The quantitative estimate of drug-likeness (QED) is 0.105. The van der Waals surface area contributed by atoms with E-state index in [-0.39, 0.29) is 51.1 Å². The van der Waals surface area contributed by atoms with Crippen LogP contribution in [0.5, 0.6) is 11.5 Å². The molecule has 1 fully saturated rings. The summed E-state index contributed by atoms with van der Waals surface area (Å²) in [5.41, 5.74) is 3.89. The van der Waals surface area contributed by atoms with Gasteiger partial charge in [0.2, 0.25) is 29.5 Å². The number of carboxylic acid groups (broad SMARTS) is 1. The fourth-order valence-electron chi connectivity index (χ4n) is 8.63. The van der Waals surface area contributed by atoms with Crippen LogP contribution >= 0.6 is 23.2 Å². The lowest BCUT2D eigenvalue weighted by Gasteiger charge is -2.35. The summed E-state index contributed by atoms with van der Waals surface area (Å²) in [6, 6.07) is 24.8. The Balaban J connectivity index is 1.38. The lowest BCUT2D eigenvalue weighted by molar-refractivity contribution is -0.146. The van der Waals surface area contributed by atoms with E-state index in [0.29, 0.717) is 33.7 Å². The molecule has 18 heteroatoms. The van der Waals surface area contributed by atoms with E-state index in [1.165, 1.54) is 28.7 Å². The van der Waals surface area contributed by atoms with Gasteiger partial charge in [0.15, 0.2) is 0 Å². The Morgan fingerprint density at radius 1 is 0.819 bits per heavy atom. The first kappa shape index (κ1) is 54.6. The van der Waals surface area contributed by atoms with Crippen molar-refractivity contribution in [2.24, 2.45) is 13.0 Å². The molecule has 382 valence electrons. The molecule has 0 unspecified atom stereocenters. The van der Waals surface area contributed by atoms with Crippen molar-refractivity contribution in [1.29, 1.82) is 0 Å². The molecule has 1 aliphatic rings. The number of amides is 5. The topological polar surface area (TPSA) is 187 Å². The zero-order valence-corrected chi connectivity index (χ0v) is 43.3.